The monoisotopic (exact) mass is 536 g/mol. The number of sulfonamides is 1. The van der Waals surface area contributed by atoms with E-state index in [0.29, 0.717) is 35.7 Å². The fourth-order valence-corrected chi connectivity index (χ4v) is 6.37. The molecule has 3 aromatic carbocycles. The average molecular weight is 537 g/mol. The van der Waals surface area contributed by atoms with Gasteiger partial charge >= 0.3 is 0 Å². The maximum absolute atomic E-state index is 13.5. The van der Waals surface area contributed by atoms with Gasteiger partial charge in [0.1, 0.15) is 6.04 Å². The van der Waals surface area contributed by atoms with Gasteiger partial charge in [0.2, 0.25) is 27.6 Å². The van der Waals surface area contributed by atoms with Crippen molar-refractivity contribution >= 4 is 26.7 Å². The second kappa shape index (κ2) is 10.4. The van der Waals surface area contributed by atoms with Gasteiger partial charge in [-0.15, -0.1) is 0 Å². The summed E-state index contributed by atoms with van der Waals surface area (Å²) < 4.78 is 44.3. The number of amides is 1. The van der Waals surface area contributed by atoms with Crippen LogP contribution in [0.2, 0.25) is 0 Å². The summed E-state index contributed by atoms with van der Waals surface area (Å²) in [4.78, 5) is 19.4. The van der Waals surface area contributed by atoms with Gasteiger partial charge in [-0.3, -0.25) is 4.79 Å². The molecule has 1 aliphatic rings. The normalized spacial score (nSPS) is 16.0. The van der Waals surface area contributed by atoms with E-state index in [4.69, 9.17) is 14.0 Å². The van der Waals surface area contributed by atoms with Gasteiger partial charge in [-0.1, -0.05) is 35.5 Å². The van der Waals surface area contributed by atoms with Crippen molar-refractivity contribution in [2.75, 3.05) is 27.8 Å². The third-order valence-corrected chi connectivity index (χ3v) is 8.58. The van der Waals surface area contributed by atoms with E-state index in [0.717, 1.165) is 10.8 Å². The lowest BCUT2D eigenvalue weighted by Crippen LogP contribution is -2.46. The first-order chi connectivity index (χ1) is 18.3. The van der Waals surface area contributed by atoms with Crippen LogP contribution in [-0.2, 0) is 21.4 Å². The number of rotatable bonds is 8. The summed E-state index contributed by atoms with van der Waals surface area (Å²) in [5, 5.41) is 5.80. The van der Waals surface area contributed by atoms with Crippen molar-refractivity contribution in [3.05, 3.63) is 66.6 Å². The molecule has 4 aromatic rings. The number of carbonyl (C=O) groups excluding carboxylic acids is 1. The molecule has 0 N–H and O–H groups in total. The predicted molar refractivity (Wildman–Crippen MR) is 140 cm³/mol. The summed E-state index contributed by atoms with van der Waals surface area (Å²) in [6.07, 6.45) is 1.04. The fourth-order valence-electron chi connectivity index (χ4n) is 4.68. The maximum Gasteiger partial charge on any atom is 0.246 e. The number of hydrogen-bond acceptors (Lipinski definition) is 8. The molecule has 1 atom stereocenters. The summed E-state index contributed by atoms with van der Waals surface area (Å²) >= 11 is 0. The number of methoxy groups -OCH3 is 2. The first kappa shape index (κ1) is 25.7. The number of carbonyl (C=O) groups is 1. The van der Waals surface area contributed by atoms with Crippen LogP contribution >= 0.6 is 0 Å². The quantitative estimate of drug-likeness (QED) is 0.335. The molecule has 1 aliphatic heterocycles. The lowest BCUT2D eigenvalue weighted by molar-refractivity contribution is -0.134. The topological polar surface area (TPSA) is 115 Å². The number of likely N-dealkylation sites (N-methyl/N-ethyl adjacent to an activating group) is 1. The fraction of sp³-hybridized carbons (Fsp3) is 0.296. The Morgan fingerprint density at radius 1 is 1.05 bits per heavy atom. The molecule has 5 rings (SSSR count). The van der Waals surface area contributed by atoms with E-state index in [9.17, 15) is 13.2 Å². The van der Waals surface area contributed by atoms with Crippen LogP contribution in [0.3, 0.4) is 0 Å². The van der Waals surface area contributed by atoms with Gasteiger partial charge in [0.05, 0.1) is 25.7 Å². The van der Waals surface area contributed by atoms with Crippen LogP contribution in [0.1, 0.15) is 18.7 Å². The van der Waals surface area contributed by atoms with Crippen molar-refractivity contribution in [1.29, 1.82) is 0 Å². The molecule has 0 radical (unpaired) electrons. The number of nitrogens with zero attached hydrogens (tertiary/aromatic N) is 4. The Bertz CT molecular complexity index is 1590. The number of aromatic nitrogens is 2. The molecule has 1 fully saturated rings. The zero-order chi connectivity index (χ0) is 26.9. The van der Waals surface area contributed by atoms with Gasteiger partial charge in [-0.05, 0) is 53.9 Å². The first-order valence-electron chi connectivity index (χ1n) is 12.1. The Hall–Kier alpha value is -3.96. The van der Waals surface area contributed by atoms with E-state index < -0.39 is 16.1 Å². The third-order valence-electron chi connectivity index (χ3n) is 6.67. The molecule has 0 saturated carbocycles. The Balaban J connectivity index is 1.31. The summed E-state index contributed by atoms with van der Waals surface area (Å²) in [5.74, 6) is 1.34. The van der Waals surface area contributed by atoms with Gasteiger partial charge in [0.15, 0.2) is 11.5 Å². The highest BCUT2D eigenvalue weighted by Crippen LogP contribution is 2.32. The van der Waals surface area contributed by atoms with Gasteiger partial charge in [-0.25, -0.2) is 8.42 Å². The Kier molecular flexibility index (Phi) is 7.04. The molecular formula is C27H28N4O6S. The van der Waals surface area contributed by atoms with Gasteiger partial charge in [-0.2, -0.15) is 9.29 Å². The van der Waals surface area contributed by atoms with Gasteiger partial charge in [0.25, 0.3) is 0 Å². The van der Waals surface area contributed by atoms with Crippen molar-refractivity contribution in [1.82, 2.24) is 19.3 Å². The highest BCUT2D eigenvalue weighted by molar-refractivity contribution is 7.89. The van der Waals surface area contributed by atoms with Crippen molar-refractivity contribution in [2.24, 2.45) is 0 Å². The Morgan fingerprint density at radius 2 is 1.82 bits per heavy atom. The zero-order valence-electron chi connectivity index (χ0n) is 21.3. The molecule has 1 unspecified atom stereocenters. The third kappa shape index (κ3) is 4.82. The Labute approximate surface area is 220 Å². The minimum absolute atomic E-state index is 0.0412. The SMILES string of the molecule is COc1ccc(-c2noc(CN(C)C(=O)C3CCCN3S(=O)(=O)c3ccc4ccccc4c3)n2)cc1OC. The highest BCUT2D eigenvalue weighted by Gasteiger charge is 2.40. The van der Waals surface area contributed by atoms with Crippen LogP contribution in [-0.4, -0.2) is 67.5 Å². The van der Waals surface area contributed by atoms with E-state index in [1.165, 1.54) is 16.3 Å². The zero-order valence-corrected chi connectivity index (χ0v) is 22.1. The van der Waals surface area contributed by atoms with E-state index in [1.807, 2.05) is 24.3 Å². The van der Waals surface area contributed by atoms with E-state index in [-0.39, 0.29) is 29.8 Å². The summed E-state index contributed by atoms with van der Waals surface area (Å²) in [5.41, 5.74) is 0.662. The summed E-state index contributed by atoms with van der Waals surface area (Å²) in [6.45, 7) is 0.322. The summed E-state index contributed by atoms with van der Waals surface area (Å²) in [7, 11) is 0.825. The number of benzene rings is 3. The Morgan fingerprint density at radius 3 is 2.58 bits per heavy atom. The smallest absolute Gasteiger partial charge is 0.246 e. The van der Waals surface area contributed by atoms with Crippen molar-refractivity contribution < 1.29 is 27.2 Å². The number of fused-ring (bicyclic) bond motifs is 1. The second-order valence-electron chi connectivity index (χ2n) is 9.06. The first-order valence-corrected chi connectivity index (χ1v) is 13.6. The molecule has 1 amide bonds. The van der Waals surface area contributed by atoms with E-state index >= 15 is 0 Å². The second-order valence-corrected chi connectivity index (χ2v) is 10.9. The van der Waals surface area contributed by atoms with Crippen molar-refractivity contribution in [2.45, 2.75) is 30.3 Å². The molecule has 0 spiro atoms. The number of hydrogen-bond donors (Lipinski definition) is 0. The average Bonchev–Trinajstić information content (AvgIpc) is 3.62. The molecule has 1 saturated heterocycles. The molecule has 10 nitrogen and oxygen atoms in total. The van der Waals surface area contributed by atoms with Gasteiger partial charge < -0.3 is 18.9 Å². The maximum atomic E-state index is 13.5. The molecule has 198 valence electrons. The molecule has 0 aliphatic carbocycles. The highest BCUT2D eigenvalue weighted by atomic mass is 32.2. The van der Waals surface area contributed by atoms with Crippen LogP contribution in [0.15, 0.2) is 70.1 Å². The molecule has 1 aromatic heterocycles. The standard InChI is InChI=1S/C27H28N4O6S/c1-30(17-25-28-26(29-37-25)20-11-13-23(35-2)24(16-20)36-3)27(32)22-9-6-14-31(22)38(33,34)21-12-10-18-7-4-5-8-19(18)15-21/h4-5,7-8,10-13,15-16,22H,6,9,14,17H2,1-3H3. The minimum atomic E-state index is -3.86. The predicted octanol–water partition coefficient (Wildman–Crippen LogP) is 3.72. The molecule has 38 heavy (non-hydrogen) atoms. The van der Waals surface area contributed by atoms with E-state index in [1.54, 1.807) is 50.6 Å². The van der Waals surface area contributed by atoms with Crippen LogP contribution < -0.4 is 9.47 Å². The van der Waals surface area contributed by atoms with Crippen LogP contribution in [0.25, 0.3) is 22.2 Å². The van der Waals surface area contributed by atoms with Gasteiger partial charge in [0, 0.05) is 19.2 Å². The number of ether oxygens (including phenoxy) is 2. The molecule has 11 heteroatoms. The van der Waals surface area contributed by atoms with Crippen molar-refractivity contribution in [3.63, 3.8) is 0 Å². The molecule has 2 heterocycles. The summed E-state index contributed by atoms with van der Waals surface area (Å²) in [6, 6.07) is 17.0. The van der Waals surface area contributed by atoms with Crippen molar-refractivity contribution in [3.8, 4) is 22.9 Å². The minimum Gasteiger partial charge on any atom is -0.493 e. The van der Waals surface area contributed by atoms with Crippen LogP contribution in [0.5, 0.6) is 11.5 Å². The molecule has 0 bridgehead atoms. The van der Waals surface area contributed by atoms with Crippen LogP contribution in [0, 0.1) is 0 Å². The lowest BCUT2D eigenvalue weighted by Gasteiger charge is -2.27. The molecular weight excluding hydrogens is 508 g/mol. The lowest BCUT2D eigenvalue weighted by atomic mass is 10.1. The largest absolute Gasteiger partial charge is 0.493 e. The van der Waals surface area contributed by atoms with E-state index in [2.05, 4.69) is 10.1 Å². The van der Waals surface area contributed by atoms with Crippen LogP contribution in [0.4, 0.5) is 0 Å².